The lowest BCUT2D eigenvalue weighted by atomic mass is 10.0. The molecule has 0 radical (unpaired) electrons. The van der Waals surface area contributed by atoms with E-state index in [4.69, 9.17) is 27.6 Å². The Labute approximate surface area is 516 Å². The molecular formula is C62H116N4O18P2. The standard InChI is InChI=1S/C62H116N4O18P2/c1-5-9-13-17-19-21-23-27-31-35-57(69)47-61(73)65-53(49-79-43-39-55(67)33-29-25-15-11-7-3)51-83-85(75,76)81-45-41-63-59(71)37-38-60(72)64-42-46-82-86(77,78)84-52-54(50-80-44-40-56(68)34-30-26-16-12-8-4)66-62(74)48-58(70)36-32-28-24-22-20-18-14-10-6-2/h53-54H,5-52H2,1-4H3,(H,63,71)(H,64,72)(H,65,73)(H,66,74)(H,75,76)(H,77,78). The zero-order valence-electron chi connectivity index (χ0n) is 53.4. The maximum atomic E-state index is 12.9. The summed E-state index contributed by atoms with van der Waals surface area (Å²) in [6, 6.07) is -1.93. The van der Waals surface area contributed by atoms with E-state index < -0.39 is 77.8 Å². The highest BCUT2D eigenvalue weighted by atomic mass is 31.2. The molecule has 0 aliphatic carbocycles. The van der Waals surface area contributed by atoms with E-state index in [2.05, 4.69) is 49.0 Å². The van der Waals surface area contributed by atoms with Crippen molar-refractivity contribution in [3.05, 3.63) is 0 Å². The average molecular weight is 1270 g/mol. The molecule has 22 nitrogen and oxygen atoms in total. The van der Waals surface area contributed by atoms with E-state index in [9.17, 15) is 57.3 Å². The highest BCUT2D eigenvalue weighted by Crippen LogP contribution is 2.43. The number of Topliss-reactive ketones (excluding diaryl/α,β-unsaturated/α-hetero) is 4. The van der Waals surface area contributed by atoms with E-state index in [0.29, 0.717) is 25.7 Å². The Bertz CT molecular complexity index is 1780. The number of hydrogen-bond acceptors (Lipinski definition) is 16. The van der Waals surface area contributed by atoms with E-state index in [-0.39, 0.29) is 114 Å². The lowest BCUT2D eigenvalue weighted by molar-refractivity contribution is -0.130. The number of ketones is 4. The van der Waals surface area contributed by atoms with Gasteiger partial charge >= 0.3 is 15.6 Å². The molecule has 0 aromatic carbocycles. The van der Waals surface area contributed by atoms with E-state index >= 15 is 0 Å². The van der Waals surface area contributed by atoms with Gasteiger partial charge in [-0.1, -0.05) is 182 Å². The fraction of sp³-hybridized carbons (Fsp3) is 0.871. The van der Waals surface area contributed by atoms with Crippen LogP contribution in [0.2, 0.25) is 0 Å². The van der Waals surface area contributed by atoms with Crippen molar-refractivity contribution >= 4 is 62.4 Å². The first-order chi connectivity index (χ1) is 41.3. The minimum Gasteiger partial charge on any atom is -0.379 e. The Balaban J connectivity index is 4.96. The number of nitrogens with one attached hydrogen (secondary N) is 4. The first-order valence-electron chi connectivity index (χ1n) is 32.9. The van der Waals surface area contributed by atoms with Gasteiger partial charge in [-0.05, 0) is 25.7 Å². The second-order valence-corrected chi connectivity index (χ2v) is 25.5. The van der Waals surface area contributed by atoms with Crippen LogP contribution in [0.5, 0.6) is 0 Å². The van der Waals surface area contributed by atoms with Crippen LogP contribution in [0.1, 0.15) is 272 Å². The third kappa shape index (κ3) is 56.0. The van der Waals surface area contributed by atoms with Crippen molar-refractivity contribution in [2.45, 2.75) is 284 Å². The summed E-state index contributed by atoms with van der Waals surface area (Å²) in [5.41, 5.74) is 0. The summed E-state index contributed by atoms with van der Waals surface area (Å²) in [7, 11) is -9.47. The topological polar surface area (TPSA) is 315 Å². The molecule has 0 fully saturated rings. The molecule has 0 aromatic rings. The molecule has 86 heavy (non-hydrogen) atoms. The second-order valence-electron chi connectivity index (χ2n) is 22.6. The van der Waals surface area contributed by atoms with Crippen LogP contribution in [0.4, 0.5) is 0 Å². The van der Waals surface area contributed by atoms with Crippen molar-refractivity contribution in [2.24, 2.45) is 0 Å². The average Bonchev–Trinajstić information content (AvgIpc) is 3.48. The molecule has 4 atom stereocenters. The van der Waals surface area contributed by atoms with Gasteiger partial charge in [-0.15, -0.1) is 0 Å². The third-order valence-corrected chi connectivity index (χ3v) is 16.2. The van der Waals surface area contributed by atoms with Gasteiger partial charge in [0.25, 0.3) is 0 Å². The van der Waals surface area contributed by atoms with Crippen molar-refractivity contribution in [1.29, 1.82) is 0 Å². The van der Waals surface area contributed by atoms with Crippen LogP contribution in [-0.2, 0) is 75.1 Å². The smallest absolute Gasteiger partial charge is 0.379 e. The van der Waals surface area contributed by atoms with Gasteiger partial charge in [-0.25, -0.2) is 9.13 Å². The monoisotopic (exact) mass is 1270 g/mol. The van der Waals surface area contributed by atoms with Gasteiger partial charge in [0.05, 0.1) is 77.8 Å². The van der Waals surface area contributed by atoms with Crippen LogP contribution in [0, 0.1) is 0 Å². The largest absolute Gasteiger partial charge is 0.472 e. The van der Waals surface area contributed by atoms with Gasteiger partial charge in [-0.2, -0.15) is 0 Å². The Morgan fingerprint density at radius 3 is 0.907 bits per heavy atom. The van der Waals surface area contributed by atoms with Crippen molar-refractivity contribution < 1.29 is 84.8 Å². The van der Waals surface area contributed by atoms with Gasteiger partial charge < -0.3 is 40.5 Å². The molecule has 0 bridgehead atoms. The molecule has 24 heteroatoms. The molecule has 0 saturated heterocycles. The van der Waals surface area contributed by atoms with Crippen LogP contribution in [0.15, 0.2) is 0 Å². The third-order valence-electron chi connectivity index (χ3n) is 14.2. The van der Waals surface area contributed by atoms with E-state index in [1.165, 1.54) is 64.2 Å². The quantitative estimate of drug-likeness (QED) is 0.0187. The number of unbranched alkanes of at least 4 members (excludes halogenated alkanes) is 24. The maximum absolute atomic E-state index is 12.9. The van der Waals surface area contributed by atoms with Gasteiger partial charge in [0, 0.05) is 64.5 Å². The summed E-state index contributed by atoms with van der Waals surface area (Å²) in [6.07, 6.45) is 30.0. The lowest BCUT2D eigenvalue weighted by Crippen LogP contribution is -2.42. The highest BCUT2D eigenvalue weighted by Gasteiger charge is 2.27. The van der Waals surface area contributed by atoms with Gasteiger partial charge in [-0.3, -0.25) is 56.5 Å². The van der Waals surface area contributed by atoms with Gasteiger partial charge in [0.15, 0.2) is 0 Å². The van der Waals surface area contributed by atoms with E-state index in [1.807, 2.05) is 0 Å². The van der Waals surface area contributed by atoms with Gasteiger partial charge in [0.2, 0.25) is 23.6 Å². The molecule has 0 saturated carbocycles. The van der Waals surface area contributed by atoms with E-state index in [1.54, 1.807) is 0 Å². The number of phosphoric acid groups is 2. The summed E-state index contributed by atoms with van der Waals surface area (Å²) < 4.78 is 57.2. The molecule has 0 rings (SSSR count). The molecular weight excluding hydrogens is 1150 g/mol. The zero-order valence-corrected chi connectivity index (χ0v) is 55.2. The summed E-state index contributed by atoms with van der Waals surface area (Å²) in [5, 5.41) is 10.2. The normalized spacial score (nSPS) is 13.5. The maximum Gasteiger partial charge on any atom is 0.472 e. The summed E-state index contributed by atoms with van der Waals surface area (Å²) in [6.45, 7) is 5.89. The molecule has 0 heterocycles. The number of hydrogen-bond donors (Lipinski definition) is 6. The Morgan fingerprint density at radius 1 is 0.326 bits per heavy atom. The van der Waals surface area contributed by atoms with Crippen molar-refractivity contribution in [1.82, 2.24) is 21.3 Å². The number of carbonyl (C=O) groups is 8. The zero-order chi connectivity index (χ0) is 63.8. The minimum absolute atomic E-state index is 0.0420. The molecule has 0 aliphatic heterocycles. The van der Waals surface area contributed by atoms with Crippen molar-refractivity contribution in [2.75, 3.05) is 65.9 Å². The van der Waals surface area contributed by atoms with E-state index in [0.717, 1.165) is 103 Å². The molecule has 0 spiro atoms. The predicted octanol–water partition coefficient (Wildman–Crippen LogP) is 11.7. The van der Waals surface area contributed by atoms with Crippen molar-refractivity contribution in [3.8, 4) is 0 Å². The number of ether oxygens (including phenoxy) is 2. The summed E-state index contributed by atoms with van der Waals surface area (Å²) in [5.74, 6) is -2.77. The van der Waals surface area contributed by atoms with Crippen LogP contribution >= 0.6 is 15.6 Å². The van der Waals surface area contributed by atoms with Gasteiger partial charge in [0.1, 0.15) is 23.1 Å². The Kier molecular flexibility index (Phi) is 54.7. The molecule has 6 N–H and O–H groups in total. The number of amides is 4. The molecule has 4 amide bonds. The number of carbonyl (C=O) groups excluding carboxylic acids is 8. The predicted molar refractivity (Wildman–Crippen MR) is 333 cm³/mol. The molecule has 4 unspecified atom stereocenters. The fourth-order valence-corrected chi connectivity index (χ4v) is 10.6. The fourth-order valence-electron chi connectivity index (χ4n) is 9.10. The highest BCUT2D eigenvalue weighted by molar-refractivity contribution is 7.47. The molecule has 0 aromatic heterocycles. The first kappa shape index (κ1) is 82.7. The SMILES string of the molecule is CCCCCCCCCCCC(=O)CC(=O)NC(COCCC(=O)CCCCCCC)COP(=O)(O)OCCNC(=O)CCC(=O)NCCOP(=O)(O)OCC(COCCC(=O)CCCCCCC)NC(=O)CC(=O)CCCCCCCCCCC. The van der Waals surface area contributed by atoms with Crippen molar-refractivity contribution in [3.63, 3.8) is 0 Å². The number of phosphoric ester groups is 2. The number of rotatable bonds is 65. The summed E-state index contributed by atoms with van der Waals surface area (Å²) >= 11 is 0. The summed E-state index contributed by atoms with van der Waals surface area (Å²) in [4.78, 5) is 121. The van der Waals surface area contributed by atoms with Crippen LogP contribution in [0.25, 0.3) is 0 Å². The minimum atomic E-state index is -4.73. The first-order valence-corrected chi connectivity index (χ1v) is 35.9. The second kappa shape index (κ2) is 56.9. The molecule has 502 valence electrons. The van der Waals surface area contributed by atoms with Crippen LogP contribution < -0.4 is 21.3 Å². The van der Waals surface area contributed by atoms with Crippen LogP contribution in [0.3, 0.4) is 0 Å². The Hall–Kier alpha value is -3.30. The van der Waals surface area contributed by atoms with Crippen LogP contribution in [-0.4, -0.2) is 135 Å². The Morgan fingerprint density at radius 2 is 0.605 bits per heavy atom. The molecule has 0 aliphatic rings. The lowest BCUT2D eigenvalue weighted by Gasteiger charge is -2.20.